The molecule has 0 aliphatic carbocycles. The van der Waals surface area contributed by atoms with E-state index in [1.54, 1.807) is 4.90 Å². The maximum atomic E-state index is 13.3. The molecule has 0 fully saturated rings. The molecule has 0 bridgehead atoms. The monoisotopic (exact) mass is 502 g/mol. The fourth-order valence-electron chi connectivity index (χ4n) is 3.60. The molecular weight excluding hydrogens is 468 g/mol. The molecule has 0 spiro atoms. The number of carbonyl (C=O) groups is 2. The quantitative estimate of drug-likeness (QED) is 0.520. The van der Waals surface area contributed by atoms with E-state index >= 15 is 0 Å². The van der Waals surface area contributed by atoms with Gasteiger partial charge in [-0.2, -0.15) is 0 Å². The molecule has 0 aliphatic heterocycles. The third-order valence-corrected chi connectivity index (χ3v) is 6.34. The summed E-state index contributed by atoms with van der Waals surface area (Å²) in [5, 5.41) is 3.02. The second kappa shape index (κ2) is 11.0. The highest BCUT2D eigenvalue weighted by molar-refractivity contribution is 9.10. The van der Waals surface area contributed by atoms with Crippen LogP contribution in [-0.2, 0) is 16.1 Å². The lowest BCUT2D eigenvalue weighted by molar-refractivity contribution is -0.143. The molecule has 0 heterocycles. The summed E-state index contributed by atoms with van der Waals surface area (Å²) < 4.78 is 6.89. The Labute approximate surface area is 200 Å². The zero-order chi connectivity index (χ0) is 24.1. The van der Waals surface area contributed by atoms with Crippen LogP contribution in [-0.4, -0.2) is 34.9 Å². The van der Waals surface area contributed by atoms with Crippen LogP contribution in [0.25, 0.3) is 0 Å². The van der Waals surface area contributed by atoms with E-state index in [0.717, 1.165) is 26.7 Å². The third kappa shape index (κ3) is 7.37. The Morgan fingerprint density at radius 3 is 2.25 bits per heavy atom. The van der Waals surface area contributed by atoms with Crippen LogP contribution in [0.15, 0.2) is 40.9 Å². The minimum Gasteiger partial charge on any atom is -0.484 e. The van der Waals surface area contributed by atoms with Crippen LogP contribution in [0.5, 0.6) is 5.75 Å². The Hall–Kier alpha value is -2.34. The number of nitrogens with one attached hydrogen (secondary N) is 1. The summed E-state index contributed by atoms with van der Waals surface area (Å²) in [6.45, 7) is 13.9. The molecule has 0 aromatic heterocycles. The van der Waals surface area contributed by atoms with Gasteiger partial charge >= 0.3 is 0 Å². The molecule has 0 unspecified atom stereocenters. The van der Waals surface area contributed by atoms with Crippen molar-refractivity contribution in [3.05, 3.63) is 63.1 Å². The number of carbonyl (C=O) groups excluding carboxylic acids is 2. The lowest BCUT2D eigenvalue weighted by Crippen LogP contribution is -2.54. The van der Waals surface area contributed by atoms with Crippen LogP contribution in [0.1, 0.15) is 56.4 Å². The SMILES string of the molecule is CC[C@@H](C(=O)NC(C)(C)C)N(Cc1cccc(C)c1)C(=O)COc1cc(C)c(Br)c(C)c1. The summed E-state index contributed by atoms with van der Waals surface area (Å²) in [7, 11) is 0. The van der Waals surface area contributed by atoms with Crippen LogP contribution >= 0.6 is 15.9 Å². The molecule has 2 aromatic carbocycles. The number of ether oxygens (including phenoxy) is 1. The molecule has 0 radical (unpaired) electrons. The van der Waals surface area contributed by atoms with E-state index in [1.165, 1.54) is 0 Å². The Morgan fingerprint density at radius 1 is 1.09 bits per heavy atom. The minimum atomic E-state index is -0.584. The van der Waals surface area contributed by atoms with Crippen molar-refractivity contribution in [1.29, 1.82) is 0 Å². The van der Waals surface area contributed by atoms with Crippen molar-refractivity contribution in [3.63, 3.8) is 0 Å². The van der Waals surface area contributed by atoms with Gasteiger partial charge in [0.25, 0.3) is 5.91 Å². The molecule has 2 amide bonds. The van der Waals surface area contributed by atoms with Crippen molar-refractivity contribution in [2.24, 2.45) is 0 Å². The number of hydrogen-bond donors (Lipinski definition) is 1. The van der Waals surface area contributed by atoms with Crippen LogP contribution in [0.2, 0.25) is 0 Å². The van der Waals surface area contributed by atoms with Crippen LogP contribution in [0, 0.1) is 20.8 Å². The summed E-state index contributed by atoms with van der Waals surface area (Å²) in [6, 6.07) is 11.2. The zero-order valence-electron chi connectivity index (χ0n) is 20.2. The van der Waals surface area contributed by atoms with Crippen molar-refractivity contribution in [3.8, 4) is 5.75 Å². The van der Waals surface area contributed by atoms with Gasteiger partial charge in [0.2, 0.25) is 5.91 Å². The van der Waals surface area contributed by atoms with Gasteiger partial charge in [-0.3, -0.25) is 9.59 Å². The first-order valence-corrected chi connectivity index (χ1v) is 11.8. The van der Waals surface area contributed by atoms with Crippen molar-refractivity contribution in [2.45, 2.75) is 73.0 Å². The van der Waals surface area contributed by atoms with Gasteiger partial charge in [-0.25, -0.2) is 0 Å². The normalized spacial score (nSPS) is 12.2. The summed E-state index contributed by atoms with van der Waals surface area (Å²) >= 11 is 3.55. The van der Waals surface area contributed by atoms with Crippen LogP contribution in [0.3, 0.4) is 0 Å². The van der Waals surface area contributed by atoms with E-state index in [9.17, 15) is 9.59 Å². The first-order chi connectivity index (χ1) is 14.9. The Morgan fingerprint density at radius 2 is 1.72 bits per heavy atom. The minimum absolute atomic E-state index is 0.133. The predicted octanol–water partition coefficient (Wildman–Crippen LogP) is 5.48. The Balaban J connectivity index is 2.27. The molecule has 5 nitrogen and oxygen atoms in total. The fourth-order valence-corrected chi connectivity index (χ4v) is 3.83. The summed E-state index contributed by atoms with van der Waals surface area (Å²) in [6.07, 6.45) is 0.510. The number of rotatable bonds is 8. The highest BCUT2D eigenvalue weighted by atomic mass is 79.9. The van der Waals surface area contributed by atoms with Crippen LogP contribution in [0.4, 0.5) is 0 Å². The maximum Gasteiger partial charge on any atom is 0.261 e. The second-order valence-corrected chi connectivity index (χ2v) is 10.1. The average molecular weight is 503 g/mol. The van der Waals surface area contributed by atoms with E-state index in [0.29, 0.717) is 18.7 Å². The van der Waals surface area contributed by atoms with Gasteiger partial charge in [0.15, 0.2) is 6.61 Å². The molecule has 174 valence electrons. The largest absolute Gasteiger partial charge is 0.484 e. The molecule has 0 aliphatic rings. The zero-order valence-corrected chi connectivity index (χ0v) is 21.8. The van der Waals surface area contributed by atoms with Crippen molar-refractivity contribution in [2.75, 3.05) is 6.61 Å². The highest BCUT2D eigenvalue weighted by Gasteiger charge is 2.31. The topological polar surface area (TPSA) is 58.6 Å². The van der Waals surface area contributed by atoms with Gasteiger partial charge < -0.3 is 15.0 Å². The van der Waals surface area contributed by atoms with Gasteiger partial charge in [-0.05, 0) is 76.8 Å². The third-order valence-electron chi connectivity index (χ3n) is 5.09. The lowest BCUT2D eigenvalue weighted by Gasteiger charge is -2.33. The summed E-state index contributed by atoms with van der Waals surface area (Å²) in [4.78, 5) is 28.0. The first kappa shape index (κ1) is 25.9. The van der Waals surface area contributed by atoms with E-state index in [-0.39, 0.29) is 24.0 Å². The first-order valence-electron chi connectivity index (χ1n) is 11.0. The van der Waals surface area contributed by atoms with Gasteiger partial charge in [-0.1, -0.05) is 52.7 Å². The molecular formula is C26H35BrN2O3. The summed E-state index contributed by atoms with van der Waals surface area (Å²) in [5.74, 6) is 0.260. The van der Waals surface area contributed by atoms with E-state index in [2.05, 4.69) is 21.2 Å². The number of benzene rings is 2. The van der Waals surface area contributed by atoms with Crippen molar-refractivity contribution in [1.82, 2.24) is 10.2 Å². The lowest BCUT2D eigenvalue weighted by atomic mass is 10.1. The number of nitrogens with zero attached hydrogens (tertiary/aromatic N) is 1. The number of hydrogen-bond acceptors (Lipinski definition) is 3. The molecule has 2 rings (SSSR count). The maximum absolute atomic E-state index is 13.3. The van der Waals surface area contributed by atoms with Gasteiger partial charge in [0.05, 0.1) is 0 Å². The Kier molecular flexibility index (Phi) is 8.90. The molecule has 0 saturated carbocycles. The molecule has 1 N–H and O–H groups in total. The van der Waals surface area contributed by atoms with E-state index in [4.69, 9.17) is 4.74 Å². The van der Waals surface area contributed by atoms with Gasteiger partial charge in [0.1, 0.15) is 11.8 Å². The standard InChI is InChI=1S/C26H35BrN2O3/c1-8-22(25(31)28-26(5,6)7)29(15-20-11-9-10-17(2)12-20)23(30)16-32-21-13-18(3)24(27)19(4)14-21/h9-14,22H,8,15-16H2,1-7H3,(H,28,31)/t22-/m0/s1. The van der Waals surface area contributed by atoms with E-state index < -0.39 is 6.04 Å². The number of halogens is 1. The van der Waals surface area contributed by atoms with Crippen molar-refractivity contribution >= 4 is 27.7 Å². The predicted molar refractivity (Wildman–Crippen MR) is 133 cm³/mol. The van der Waals surface area contributed by atoms with Gasteiger partial charge in [-0.15, -0.1) is 0 Å². The molecule has 1 atom stereocenters. The molecule has 32 heavy (non-hydrogen) atoms. The Bertz CT molecular complexity index is 943. The van der Waals surface area contributed by atoms with Crippen LogP contribution < -0.4 is 10.1 Å². The average Bonchev–Trinajstić information content (AvgIpc) is 2.68. The van der Waals surface area contributed by atoms with E-state index in [1.807, 2.05) is 84.9 Å². The molecule has 2 aromatic rings. The molecule has 0 saturated heterocycles. The number of amides is 2. The molecule has 6 heteroatoms. The fraction of sp³-hybridized carbons (Fsp3) is 0.462. The van der Waals surface area contributed by atoms with Gasteiger partial charge in [0, 0.05) is 16.6 Å². The highest BCUT2D eigenvalue weighted by Crippen LogP contribution is 2.26. The van der Waals surface area contributed by atoms with Crippen molar-refractivity contribution < 1.29 is 14.3 Å². The number of aryl methyl sites for hydroxylation is 3. The second-order valence-electron chi connectivity index (χ2n) is 9.33. The summed E-state index contributed by atoms with van der Waals surface area (Å²) in [5.41, 5.74) is 3.79. The smallest absolute Gasteiger partial charge is 0.261 e.